The lowest BCUT2D eigenvalue weighted by atomic mass is 10.1. The van der Waals surface area contributed by atoms with Crippen molar-refractivity contribution >= 4 is 5.97 Å². The Morgan fingerprint density at radius 1 is 1.53 bits per heavy atom. The first kappa shape index (κ1) is 11.7. The average Bonchev–Trinajstić information content (AvgIpc) is 2.14. The highest BCUT2D eigenvalue weighted by molar-refractivity contribution is 5.87. The maximum atomic E-state index is 13.2. The number of rotatable bonds is 4. The van der Waals surface area contributed by atoms with Crippen molar-refractivity contribution < 1.29 is 14.3 Å². The smallest absolute Gasteiger partial charge is 0.338 e. The summed E-state index contributed by atoms with van der Waals surface area (Å²) in [5.41, 5.74) is 0.453. The van der Waals surface area contributed by atoms with Crippen molar-refractivity contribution in [1.29, 1.82) is 0 Å². The number of halogens is 1. The zero-order valence-corrected chi connectivity index (χ0v) is 8.75. The minimum absolute atomic E-state index is 0.289. The molecule has 0 aliphatic heterocycles. The summed E-state index contributed by atoms with van der Waals surface area (Å²) < 4.78 is 13.2. The molecule has 0 aromatic heterocycles. The second-order valence-corrected chi connectivity index (χ2v) is 3.65. The topological polar surface area (TPSA) is 49.3 Å². The minimum atomic E-state index is -1.24. The summed E-state index contributed by atoms with van der Waals surface area (Å²) in [5.74, 6) is -1.93. The highest BCUT2D eigenvalue weighted by Crippen LogP contribution is 2.10. The van der Waals surface area contributed by atoms with Gasteiger partial charge in [0.25, 0.3) is 0 Å². The van der Waals surface area contributed by atoms with Crippen LogP contribution >= 0.6 is 0 Å². The fourth-order valence-corrected chi connectivity index (χ4v) is 1.16. The summed E-state index contributed by atoms with van der Waals surface area (Å²) in [4.78, 5) is 10.5. The Morgan fingerprint density at radius 2 is 2.20 bits per heavy atom. The molecule has 0 aliphatic carbocycles. The van der Waals surface area contributed by atoms with E-state index in [4.69, 9.17) is 5.11 Å². The number of benzene rings is 1. The summed E-state index contributed by atoms with van der Waals surface area (Å²) in [6.07, 6.45) is 0. The molecule has 0 saturated heterocycles. The summed E-state index contributed by atoms with van der Waals surface area (Å²) in [6, 6.07) is 4.46. The lowest BCUT2D eigenvalue weighted by molar-refractivity contribution is 0.0692. The van der Waals surface area contributed by atoms with Crippen molar-refractivity contribution in [3.8, 4) is 0 Å². The molecule has 1 aromatic rings. The molecule has 82 valence electrons. The number of carbonyl (C=O) groups is 1. The van der Waals surface area contributed by atoms with E-state index in [1.54, 1.807) is 6.07 Å². The molecule has 4 heteroatoms. The van der Waals surface area contributed by atoms with Gasteiger partial charge in [0.05, 0.1) is 5.56 Å². The van der Waals surface area contributed by atoms with Crippen molar-refractivity contribution in [2.45, 2.75) is 26.4 Å². The van der Waals surface area contributed by atoms with Crippen LogP contribution in [0.4, 0.5) is 4.39 Å². The molecule has 0 saturated carbocycles. The van der Waals surface area contributed by atoms with E-state index in [2.05, 4.69) is 5.32 Å². The second-order valence-electron chi connectivity index (χ2n) is 3.65. The molecule has 0 unspecified atom stereocenters. The number of hydrogen-bond donors (Lipinski definition) is 2. The van der Waals surface area contributed by atoms with Crippen molar-refractivity contribution in [2.24, 2.45) is 0 Å². The van der Waals surface area contributed by atoms with Crippen LogP contribution in [0.1, 0.15) is 29.8 Å². The highest BCUT2D eigenvalue weighted by atomic mass is 19.1. The van der Waals surface area contributed by atoms with Crippen molar-refractivity contribution in [3.05, 3.63) is 35.1 Å². The molecular weight excluding hydrogens is 197 g/mol. The van der Waals surface area contributed by atoms with Crippen LogP contribution in [0.3, 0.4) is 0 Å². The Kier molecular flexibility index (Phi) is 3.80. The normalized spacial score (nSPS) is 10.7. The van der Waals surface area contributed by atoms with Crippen molar-refractivity contribution in [2.75, 3.05) is 0 Å². The van der Waals surface area contributed by atoms with Gasteiger partial charge < -0.3 is 10.4 Å². The average molecular weight is 211 g/mol. The fourth-order valence-electron chi connectivity index (χ4n) is 1.16. The maximum absolute atomic E-state index is 13.2. The molecule has 0 bridgehead atoms. The van der Waals surface area contributed by atoms with E-state index >= 15 is 0 Å². The lowest BCUT2D eigenvalue weighted by Crippen LogP contribution is -2.21. The molecule has 0 heterocycles. The Morgan fingerprint density at radius 3 is 2.67 bits per heavy atom. The second kappa shape index (κ2) is 4.89. The fraction of sp³-hybridized carbons (Fsp3) is 0.364. The van der Waals surface area contributed by atoms with E-state index in [0.29, 0.717) is 12.6 Å². The van der Waals surface area contributed by atoms with Gasteiger partial charge in [-0.3, -0.25) is 0 Å². The molecule has 2 N–H and O–H groups in total. The maximum Gasteiger partial charge on any atom is 0.338 e. The van der Waals surface area contributed by atoms with E-state index in [1.807, 2.05) is 13.8 Å². The van der Waals surface area contributed by atoms with Crippen LogP contribution in [-0.4, -0.2) is 17.1 Å². The predicted octanol–water partition coefficient (Wildman–Crippen LogP) is 2.02. The van der Waals surface area contributed by atoms with Gasteiger partial charge in [-0.1, -0.05) is 19.9 Å². The number of aromatic carboxylic acids is 1. The van der Waals surface area contributed by atoms with E-state index in [-0.39, 0.29) is 5.56 Å². The molecule has 0 fully saturated rings. The van der Waals surface area contributed by atoms with Gasteiger partial charge in [0, 0.05) is 12.6 Å². The van der Waals surface area contributed by atoms with Gasteiger partial charge in [0.15, 0.2) is 0 Å². The summed E-state index contributed by atoms with van der Waals surface area (Å²) in [6.45, 7) is 4.51. The molecule has 15 heavy (non-hydrogen) atoms. The Balaban J connectivity index is 2.78. The molecule has 1 aromatic carbocycles. The van der Waals surface area contributed by atoms with Crippen LogP contribution < -0.4 is 5.32 Å². The van der Waals surface area contributed by atoms with Crippen LogP contribution in [0.15, 0.2) is 18.2 Å². The summed E-state index contributed by atoms with van der Waals surface area (Å²) >= 11 is 0. The third-order valence-corrected chi connectivity index (χ3v) is 1.98. The van der Waals surface area contributed by atoms with Crippen molar-refractivity contribution in [3.63, 3.8) is 0 Å². The zero-order chi connectivity index (χ0) is 11.4. The van der Waals surface area contributed by atoms with Crippen LogP contribution in [0.5, 0.6) is 0 Å². The van der Waals surface area contributed by atoms with E-state index in [1.165, 1.54) is 12.1 Å². The third-order valence-electron chi connectivity index (χ3n) is 1.98. The minimum Gasteiger partial charge on any atom is -0.478 e. The summed E-state index contributed by atoms with van der Waals surface area (Å²) in [5, 5.41) is 11.7. The molecule has 3 nitrogen and oxygen atoms in total. The number of hydrogen-bond acceptors (Lipinski definition) is 2. The number of carboxylic acids is 1. The standard InChI is InChI=1S/C11H14FNO2/c1-7(2)13-6-8-3-4-9(11(14)15)10(12)5-8/h3-5,7,13H,6H2,1-2H3,(H,14,15). The van der Waals surface area contributed by atoms with Gasteiger partial charge in [-0.25, -0.2) is 9.18 Å². The van der Waals surface area contributed by atoms with Gasteiger partial charge >= 0.3 is 5.97 Å². The Labute approximate surface area is 87.9 Å². The van der Waals surface area contributed by atoms with E-state index in [9.17, 15) is 9.18 Å². The van der Waals surface area contributed by atoms with Gasteiger partial charge in [0.2, 0.25) is 0 Å². The van der Waals surface area contributed by atoms with Crippen LogP contribution in [0, 0.1) is 5.82 Å². The van der Waals surface area contributed by atoms with Gasteiger partial charge in [-0.05, 0) is 17.7 Å². The van der Waals surface area contributed by atoms with E-state index in [0.717, 1.165) is 5.56 Å². The first-order valence-corrected chi connectivity index (χ1v) is 4.76. The zero-order valence-electron chi connectivity index (χ0n) is 8.75. The first-order chi connectivity index (χ1) is 7.00. The molecular formula is C11H14FNO2. The first-order valence-electron chi connectivity index (χ1n) is 4.76. The molecule has 0 aliphatic rings. The molecule has 0 spiro atoms. The Hall–Kier alpha value is -1.42. The number of carboxylic acid groups (broad SMARTS) is 1. The van der Waals surface area contributed by atoms with Crippen LogP contribution in [0.2, 0.25) is 0 Å². The van der Waals surface area contributed by atoms with Crippen molar-refractivity contribution in [1.82, 2.24) is 5.32 Å². The quantitative estimate of drug-likeness (QED) is 0.801. The molecule has 1 rings (SSSR count). The molecule has 0 radical (unpaired) electrons. The third kappa shape index (κ3) is 3.32. The monoisotopic (exact) mass is 211 g/mol. The number of nitrogens with one attached hydrogen (secondary N) is 1. The van der Waals surface area contributed by atoms with Crippen LogP contribution in [-0.2, 0) is 6.54 Å². The van der Waals surface area contributed by atoms with Gasteiger partial charge in [0.1, 0.15) is 5.82 Å². The van der Waals surface area contributed by atoms with Crippen LogP contribution in [0.25, 0.3) is 0 Å². The largest absolute Gasteiger partial charge is 0.478 e. The van der Waals surface area contributed by atoms with Gasteiger partial charge in [-0.2, -0.15) is 0 Å². The molecule has 0 amide bonds. The molecule has 0 atom stereocenters. The van der Waals surface area contributed by atoms with E-state index < -0.39 is 11.8 Å². The highest BCUT2D eigenvalue weighted by Gasteiger charge is 2.10. The SMILES string of the molecule is CC(C)NCc1ccc(C(=O)O)c(F)c1. The summed E-state index contributed by atoms with van der Waals surface area (Å²) in [7, 11) is 0. The van der Waals surface area contributed by atoms with Gasteiger partial charge in [-0.15, -0.1) is 0 Å². The predicted molar refractivity (Wildman–Crippen MR) is 55.3 cm³/mol. The Bertz CT molecular complexity index is 364. The lowest BCUT2D eigenvalue weighted by Gasteiger charge is -2.08.